The number of benzene rings is 2. The van der Waals surface area contributed by atoms with Crippen molar-refractivity contribution in [1.29, 1.82) is 0 Å². The SMILES string of the molecule is CCOc1ccc(C2c3c(c4ccccc4oc3=O)Oc3ncn4nc(-c5ccc(Br)o5)nc4c32)cc1. The van der Waals surface area contributed by atoms with Crippen molar-refractivity contribution in [3.63, 3.8) is 0 Å². The van der Waals surface area contributed by atoms with Gasteiger partial charge in [-0.25, -0.2) is 19.3 Å². The standard InChI is InChI=1S/C27H17BrN4O5/c1-2-34-15-9-7-14(8-10-15)20-21-23(16-5-3-4-6-17(16)36-27(21)33)37-26-22(20)25-30-24(31-32(25)13-29-26)18-11-12-19(28)35-18/h3-13,20H,2H2,1H3. The van der Waals surface area contributed by atoms with Crippen LogP contribution in [0.25, 0.3) is 28.2 Å². The normalized spacial score (nSPS) is 14.4. The number of hydrogen-bond acceptors (Lipinski definition) is 8. The van der Waals surface area contributed by atoms with Crippen LogP contribution in [0.2, 0.25) is 0 Å². The molecule has 0 bridgehead atoms. The fourth-order valence-electron chi connectivity index (χ4n) is 4.72. The molecule has 0 spiro atoms. The first-order chi connectivity index (χ1) is 18.1. The highest BCUT2D eigenvalue weighted by molar-refractivity contribution is 9.10. The minimum Gasteiger partial charge on any atom is -0.494 e. The number of rotatable bonds is 4. The Morgan fingerprint density at radius 1 is 1.03 bits per heavy atom. The van der Waals surface area contributed by atoms with Crippen LogP contribution in [-0.2, 0) is 0 Å². The summed E-state index contributed by atoms with van der Waals surface area (Å²) in [6, 6.07) is 18.4. The van der Waals surface area contributed by atoms with Gasteiger partial charge < -0.3 is 18.3 Å². The van der Waals surface area contributed by atoms with Crippen LogP contribution in [0.4, 0.5) is 0 Å². The van der Waals surface area contributed by atoms with Gasteiger partial charge in [-0.05, 0) is 64.8 Å². The molecule has 0 saturated heterocycles. The number of ether oxygens (including phenoxy) is 2. The number of halogens is 1. The number of para-hydroxylation sites is 1. The maximum atomic E-state index is 13.5. The zero-order chi connectivity index (χ0) is 25.1. The topological polar surface area (TPSA) is 105 Å². The van der Waals surface area contributed by atoms with Crippen molar-refractivity contribution in [2.45, 2.75) is 12.8 Å². The average molecular weight is 557 g/mol. The molecule has 0 aliphatic carbocycles. The Hall–Kier alpha value is -4.44. The van der Waals surface area contributed by atoms with Gasteiger partial charge in [0.1, 0.15) is 17.7 Å². The molecule has 10 heteroatoms. The van der Waals surface area contributed by atoms with Crippen molar-refractivity contribution < 1.29 is 18.3 Å². The predicted molar refractivity (Wildman–Crippen MR) is 137 cm³/mol. The summed E-state index contributed by atoms with van der Waals surface area (Å²) in [5, 5.41) is 5.23. The highest BCUT2D eigenvalue weighted by atomic mass is 79.9. The molecule has 1 atom stereocenters. The van der Waals surface area contributed by atoms with E-state index in [1.54, 1.807) is 22.7 Å². The Balaban J connectivity index is 1.51. The molecule has 182 valence electrons. The summed E-state index contributed by atoms with van der Waals surface area (Å²) >= 11 is 3.32. The van der Waals surface area contributed by atoms with Crippen LogP contribution in [0, 0.1) is 0 Å². The number of aromatic nitrogens is 4. The zero-order valence-corrected chi connectivity index (χ0v) is 20.9. The second-order valence-corrected chi connectivity index (χ2v) is 9.22. The van der Waals surface area contributed by atoms with E-state index in [0.717, 1.165) is 11.3 Å². The quantitative estimate of drug-likeness (QED) is 0.245. The summed E-state index contributed by atoms with van der Waals surface area (Å²) in [4.78, 5) is 22.8. The molecule has 7 rings (SSSR count). The maximum absolute atomic E-state index is 13.5. The molecule has 0 saturated carbocycles. The molecule has 1 unspecified atom stereocenters. The van der Waals surface area contributed by atoms with Crippen molar-refractivity contribution in [2.75, 3.05) is 6.61 Å². The summed E-state index contributed by atoms with van der Waals surface area (Å²) in [7, 11) is 0. The lowest BCUT2D eigenvalue weighted by Gasteiger charge is -2.27. The molecule has 0 amide bonds. The smallest absolute Gasteiger partial charge is 0.344 e. The van der Waals surface area contributed by atoms with E-state index >= 15 is 0 Å². The third-order valence-corrected chi connectivity index (χ3v) is 6.71. The molecule has 0 fully saturated rings. The molecule has 6 aromatic rings. The Labute approximate surface area is 217 Å². The van der Waals surface area contributed by atoms with Gasteiger partial charge in [0, 0.05) is 0 Å². The van der Waals surface area contributed by atoms with E-state index in [4.69, 9.17) is 23.3 Å². The van der Waals surface area contributed by atoms with Crippen molar-refractivity contribution in [1.82, 2.24) is 19.6 Å². The maximum Gasteiger partial charge on any atom is 0.344 e. The summed E-state index contributed by atoms with van der Waals surface area (Å²) < 4.78 is 25.5. The lowest BCUT2D eigenvalue weighted by molar-refractivity contribution is 0.340. The molecule has 0 N–H and O–H groups in total. The number of nitrogens with zero attached hydrogens (tertiary/aromatic N) is 4. The third kappa shape index (κ3) is 3.44. The fraction of sp³-hybridized carbons (Fsp3) is 0.111. The Bertz CT molecular complexity index is 1870. The van der Waals surface area contributed by atoms with Gasteiger partial charge in [0.2, 0.25) is 11.7 Å². The van der Waals surface area contributed by atoms with Gasteiger partial charge in [-0.15, -0.1) is 5.10 Å². The molecule has 5 heterocycles. The molecule has 1 aliphatic heterocycles. The summed E-state index contributed by atoms with van der Waals surface area (Å²) in [5.41, 5.74) is 2.24. The Morgan fingerprint density at radius 3 is 2.65 bits per heavy atom. The van der Waals surface area contributed by atoms with E-state index in [1.165, 1.54) is 6.33 Å². The number of fused-ring (bicyclic) bond motifs is 6. The Kier molecular flexibility index (Phi) is 4.90. The van der Waals surface area contributed by atoms with Gasteiger partial charge in [0.25, 0.3) is 0 Å². The molecule has 2 aromatic carbocycles. The second kappa shape index (κ2) is 8.31. The zero-order valence-electron chi connectivity index (χ0n) is 19.3. The van der Waals surface area contributed by atoms with Crippen LogP contribution in [-0.4, -0.2) is 26.2 Å². The number of hydrogen-bond donors (Lipinski definition) is 0. The van der Waals surface area contributed by atoms with E-state index in [2.05, 4.69) is 26.0 Å². The summed E-state index contributed by atoms with van der Waals surface area (Å²) in [6.45, 7) is 2.48. The van der Waals surface area contributed by atoms with Crippen LogP contribution in [0.1, 0.15) is 29.5 Å². The van der Waals surface area contributed by atoms with Crippen LogP contribution < -0.4 is 15.1 Å². The van der Waals surface area contributed by atoms with Crippen LogP contribution in [0.5, 0.6) is 17.4 Å². The van der Waals surface area contributed by atoms with Crippen LogP contribution >= 0.6 is 15.9 Å². The minimum atomic E-state index is -0.577. The van der Waals surface area contributed by atoms with E-state index < -0.39 is 11.5 Å². The molecule has 9 nitrogen and oxygen atoms in total. The highest BCUT2D eigenvalue weighted by Gasteiger charge is 2.37. The Morgan fingerprint density at radius 2 is 1.86 bits per heavy atom. The predicted octanol–water partition coefficient (Wildman–Crippen LogP) is 5.94. The largest absolute Gasteiger partial charge is 0.494 e. The van der Waals surface area contributed by atoms with E-state index in [-0.39, 0.29) is 0 Å². The molecular weight excluding hydrogens is 540 g/mol. The third-order valence-electron chi connectivity index (χ3n) is 6.28. The first kappa shape index (κ1) is 21.8. The van der Waals surface area contributed by atoms with Gasteiger partial charge in [0.15, 0.2) is 21.8 Å². The lowest BCUT2D eigenvalue weighted by atomic mass is 9.84. The van der Waals surface area contributed by atoms with Crippen LogP contribution in [0.3, 0.4) is 0 Å². The van der Waals surface area contributed by atoms with Crippen molar-refractivity contribution in [2.24, 2.45) is 0 Å². The molecule has 37 heavy (non-hydrogen) atoms. The van der Waals surface area contributed by atoms with Gasteiger partial charge >= 0.3 is 5.63 Å². The second-order valence-electron chi connectivity index (χ2n) is 8.44. The fourth-order valence-corrected chi connectivity index (χ4v) is 5.03. The highest BCUT2D eigenvalue weighted by Crippen LogP contribution is 2.49. The molecular formula is C27H17BrN4O5. The molecule has 1 aliphatic rings. The number of furan rings is 1. The average Bonchev–Trinajstić information content (AvgIpc) is 3.54. The van der Waals surface area contributed by atoms with E-state index in [9.17, 15) is 4.79 Å². The van der Waals surface area contributed by atoms with E-state index in [0.29, 0.717) is 62.2 Å². The van der Waals surface area contributed by atoms with Crippen molar-refractivity contribution >= 4 is 32.5 Å². The lowest BCUT2D eigenvalue weighted by Crippen LogP contribution is -2.22. The minimum absolute atomic E-state index is 0.342. The van der Waals surface area contributed by atoms with Gasteiger partial charge in [-0.2, -0.15) is 0 Å². The van der Waals surface area contributed by atoms with Crippen LogP contribution in [0.15, 0.2) is 85.3 Å². The first-order valence-corrected chi connectivity index (χ1v) is 12.4. The first-order valence-electron chi connectivity index (χ1n) is 11.6. The van der Waals surface area contributed by atoms with E-state index in [1.807, 2.05) is 49.4 Å². The van der Waals surface area contributed by atoms with Crippen molar-refractivity contribution in [3.8, 4) is 29.0 Å². The van der Waals surface area contributed by atoms with Crippen molar-refractivity contribution in [3.05, 3.63) is 98.8 Å². The molecule has 4 aromatic heterocycles. The summed E-state index contributed by atoms with van der Waals surface area (Å²) in [6.07, 6.45) is 1.54. The van der Waals surface area contributed by atoms with Gasteiger partial charge in [-0.3, -0.25) is 0 Å². The summed E-state index contributed by atoms with van der Waals surface area (Å²) in [5.74, 6) is 1.78. The van der Waals surface area contributed by atoms with Gasteiger partial charge in [-0.1, -0.05) is 24.3 Å². The monoisotopic (exact) mass is 556 g/mol. The van der Waals surface area contributed by atoms with Gasteiger partial charge in [0.05, 0.1) is 29.0 Å². The molecule has 0 radical (unpaired) electrons.